The van der Waals surface area contributed by atoms with Gasteiger partial charge < -0.3 is 15.6 Å². The molecule has 3 N–H and O–H groups in total. The number of ether oxygens (including phenoxy) is 1. The van der Waals surface area contributed by atoms with Crippen molar-refractivity contribution in [2.24, 2.45) is 17.6 Å². The van der Waals surface area contributed by atoms with E-state index < -0.39 is 17.9 Å². The van der Waals surface area contributed by atoms with Crippen molar-refractivity contribution >= 4 is 12.0 Å². The van der Waals surface area contributed by atoms with Gasteiger partial charge >= 0.3 is 12.0 Å². The van der Waals surface area contributed by atoms with E-state index in [9.17, 15) is 9.59 Å². The lowest BCUT2D eigenvalue weighted by molar-refractivity contribution is -0.167. The van der Waals surface area contributed by atoms with E-state index in [0.717, 1.165) is 0 Å². The molecule has 6 nitrogen and oxygen atoms in total. The first kappa shape index (κ1) is 9.26. The average molecular weight is 200 g/mol. The van der Waals surface area contributed by atoms with Gasteiger partial charge in [0, 0.05) is 5.92 Å². The van der Waals surface area contributed by atoms with Crippen molar-refractivity contribution in [1.82, 2.24) is 4.90 Å². The highest BCUT2D eigenvalue weighted by Gasteiger charge is 2.51. The molecule has 0 aromatic carbocycles. The number of hydrogen-bond acceptors (Lipinski definition) is 3. The molecule has 2 aliphatic rings. The quantitative estimate of drug-likeness (QED) is 0.593. The molecular formula is C8H12N2O4. The second-order valence-electron chi connectivity index (χ2n) is 3.74. The van der Waals surface area contributed by atoms with Gasteiger partial charge in [-0.2, -0.15) is 0 Å². The first-order valence-corrected chi connectivity index (χ1v) is 4.48. The number of carboxylic acid groups (broad SMARTS) is 1. The fraction of sp³-hybridized carbons (Fsp3) is 0.750. The molecule has 0 radical (unpaired) electrons. The molecule has 1 saturated heterocycles. The van der Waals surface area contributed by atoms with Crippen molar-refractivity contribution < 1.29 is 19.4 Å². The minimum atomic E-state index is -0.862. The number of nitrogens with zero attached hydrogens (tertiary/aromatic N) is 1. The lowest BCUT2D eigenvalue weighted by atomic mass is 9.69. The first-order chi connectivity index (χ1) is 6.61. The molecule has 0 aromatic rings. The van der Waals surface area contributed by atoms with Crippen molar-refractivity contribution in [3.63, 3.8) is 0 Å². The second-order valence-corrected chi connectivity index (χ2v) is 3.74. The van der Waals surface area contributed by atoms with Crippen LogP contribution in [-0.2, 0) is 9.53 Å². The molecule has 2 amide bonds. The van der Waals surface area contributed by atoms with Gasteiger partial charge in [0.25, 0.3) is 0 Å². The highest BCUT2D eigenvalue weighted by Crippen LogP contribution is 2.40. The van der Waals surface area contributed by atoms with E-state index in [2.05, 4.69) is 0 Å². The molecule has 1 aliphatic carbocycles. The molecule has 2 rings (SSSR count). The van der Waals surface area contributed by atoms with E-state index >= 15 is 0 Å². The molecule has 3 atom stereocenters. The fourth-order valence-electron chi connectivity index (χ4n) is 2.22. The molecule has 0 unspecified atom stereocenters. The molecule has 1 aliphatic heterocycles. The van der Waals surface area contributed by atoms with Crippen LogP contribution in [-0.4, -0.2) is 41.4 Å². The Balaban J connectivity index is 2.11. The topological polar surface area (TPSA) is 92.9 Å². The zero-order valence-corrected chi connectivity index (χ0v) is 7.55. The second kappa shape index (κ2) is 3.13. The van der Waals surface area contributed by atoms with E-state index in [1.165, 1.54) is 4.90 Å². The number of primary amides is 1. The standard InChI is InChI=1S/C8H12N2O4/c9-8(13)10-3-14-2-4-1-5(6(4)10)7(11)12/h4-6H,1-3H2,(H2,9,13)(H,11,12)/t4-,5-,6+/m0/s1. The van der Waals surface area contributed by atoms with Crippen LogP contribution in [0.25, 0.3) is 0 Å². The average Bonchev–Trinajstić information content (AvgIpc) is 2.05. The molecular weight excluding hydrogens is 188 g/mol. The normalized spacial score (nSPS) is 35.7. The number of rotatable bonds is 1. The molecule has 0 bridgehead atoms. The highest BCUT2D eigenvalue weighted by molar-refractivity contribution is 5.77. The summed E-state index contributed by atoms with van der Waals surface area (Å²) in [4.78, 5) is 23.1. The van der Waals surface area contributed by atoms with Gasteiger partial charge in [-0.05, 0) is 6.42 Å². The third-order valence-corrected chi connectivity index (χ3v) is 2.97. The van der Waals surface area contributed by atoms with Crippen LogP contribution in [0, 0.1) is 11.8 Å². The smallest absolute Gasteiger partial charge is 0.316 e. The van der Waals surface area contributed by atoms with Crippen molar-refractivity contribution in [2.75, 3.05) is 13.3 Å². The zero-order chi connectivity index (χ0) is 10.3. The van der Waals surface area contributed by atoms with Crippen LogP contribution in [0.4, 0.5) is 4.79 Å². The summed E-state index contributed by atoms with van der Waals surface area (Å²) >= 11 is 0. The summed E-state index contributed by atoms with van der Waals surface area (Å²) in [5.41, 5.74) is 5.13. The maximum Gasteiger partial charge on any atom is 0.316 e. The number of amides is 2. The van der Waals surface area contributed by atoms with Crippen LogP contribution >= 0.6 is 0 Å². The number of carboxylic acids is 1. The SMILES string of the molecule is NC(=O)N1COC[C@@H]2C[C@H](C(=O)O)[C@@H]21. The van der Waals surface area contributed by atoms with Gasteiger partial charge in [-0.3, -0.25) is 9.69 Å². The van der Waals surface area contributed by atoms with Gasteiger partial charge in [-0.1, -0.05) is 0 Å². The maximum absolute atomic E-state index is 11.0. The van der Waals surface area contributed by atoms with Gasteiger partial charge in [0.1, 0.15) is 6.73 Å². The van der Waals surface area contributed by atoms with Crippen molar-refractivity contribution in [3.05, 3.63) is 0 Å². The number of urea groups is 1. The Hall–Kier alpha value is -1.30. The zero-order valence-electron chi connectivity index (χ0n) is 7.55. The maximum atomic E-state index is 11.0. The van der Waals surface area contributed by atoms with Gasteiger partial charge in [0.15, 0.2) is 0 Å². The lowest BCUT2D eigenvalue weighted by Gasteiger charge is -2.50. The fourth-order valence-corrected chi connectivity index (χ4v) is 2.22. The van der Waals surface area contributed by atoms with Crippen LogP contribution in [0.3, 0.4) is 0 Å². The molecule has 2 fully saturated rings. The Labute approximate surface area is 80.6 Å². The summed E-state index contributed by atoms with van der Waals surface area (Å²) in [6.45, 7) is 0.637. The van der Waals surface area contributed by atoms with Crippen molar-refractivity contribution in [1.29, 1.82) is 0 Å². The summed E-state index contributed by atoms with van der Waals surface area (Å²) < 4.78 is 5.14. The minimum absolute atomic E-state index is 0.111. The van der Waals surface area contributed by atoms with Crippen LogP contribution in [0.2, 0.25) is 0 Å². The lowest BCUT2D eigenvalue weighted by Crippen LogP contribution is -2.64. The Morgan fingerprint density at radius 2 is 2.21 bits per heavy atom. The predicted molar refractivity (Wildman–Crippen MR) is 45.3 cm³/mol. The van der Waals surface area contributed by atoms with Crippen LogP contribution in [0.5, 0.6) is 0 Å². The molecule has 0 spiro atoms. The summed E-state index contributed by atoms with van der Waals surface area (Å²) in [6, 6.07) is -0.871. The number of hydrogen-bond donors (Lipinski definition) is 2. The summed E-state index contributed by atoms with van der Waals surface area (Å²) in [5, 5.41) is 8.85. The summed E-state index contributed by atoms with van der Waals surface area (Å²) in [6.07, 6.45) is 0.573. The number of aliphatic carboxylic acids is 1. The Morgan fingerprint density at radius 3 is 2.79 bits per heavy atom. The van der Waals surface area contributed by atoms with Gasteiger partial charge in [-0.15, -0.1) is 0 Å². The van der Waals surface area contributed by atoms with E-state index in [1.807, 2.05) is 0 Å². The van der Waals surface area contributed by atoms with Crippen LogP contribution < -0.4 is 5.73 Å². The number of carbonyl (C=O) groups is 2. The summed E-state index contributed by atoms with van der Waals surface area (Å²) in [7, 11) is 0. The molecule has 14 heavy (non-hydrogen) atoms. The summed E-state index contributed by atoms with van der Waals surface area (Å²) in [5.74, 6) is -1.20. The third kappa shape index (κ3) is 1.22. The van der Waals surface area contributed by atoms with Crippen LogP contribution in [0.1, 0.15) is 6.42 Å². The van der Waals surface area contributed by atoms with E-state index in [4.69, 9.17) is 15.6 Å². The molecule has 6 heteroatoms. The number of carbonyl (C=O) groups excluding carboxylic acids is 1. The van der Waals surface area contributed by atoms with Gasteiger partial charge in [-0.25, -0.2) is 4.79 Å². The van der Waals surface area contributed by atoms with E-state index in [-0.39, 0.29) is 18.7 Å². The third-order valence-electron chi connectivity index (χ3n) is 2.97. The van der Waals surface area contributed by atoms with Gasteiger partial charge in [0.2, 0.25) is 0 Å². The largest absolute Gasteiger partial charge is 0.481 e. The van der Waals surface area contributed by atoms with E-state index in [0.29, 0.717) is 13.0 Å². The Kier molecular flexibility index (Phi) is 2.07. The van der Waals surface area contributed by atoms with E-state index in [1.54, 1.807) is 0 Å². The number of nitrogens with two attached hydrogens (primary N) is 1. The monoisotopic (exact) mass is 200 g/mol. The molecule has 1 heterocycles. The van der Waals surface area contributed by atoms with Crippen molar-refractivity contribution in [2.45, 2.75) is 12.5 Å². The Bertz CT molecular complexity index is 281. The predicted octanol–water partition coefficient (Wildman–Crippen LogP) is -0.556. The molecule has 1 saturated carbocycles. The first-order valence-electron chi connectivity index (χ1n) is 4.48. The molecule has 0 aromatic heterocycles. The number of fused-ring (bicyclic) bond motifs is 1. The van der Waals surface area contributed by atoms with Crippen LogP contribution in [0.15, 0.2) is 0 Å². The van der Waals surface area contributed by atoms with Gasteiger partial charge in [0.05, 0.1) is 18.6 Å². The minimum Gasteiger partial charge on any atom is -0.481 e. The highest BCUT2D eigenvalue weighted by atomic mass is 16.5. The molecule has 78 valence electrons. The Morgan fingerprint density at radius 1 is 1.50 bits per heavy atom. The van der Waals surface area contributed by atoms with Crippen molar-refractivity contribution in [3.8, 4) is 0 Å².